The van der Waals surface area contributed by atoms with Gasteiger partial charge in [0.1, 0.15) is 6.61 Å². The highest BCUT2D eigenvalue weighted by Crippen LogP contribution is 2.38. The van der Waals surface area contributed by atoms with Gasteiger partial charge in [-0.25, -0.2) is 0 Å². The smallest absolute Gasteiger partial charge is 0.293 e. The van der Waals surface area contributed by atoms with E-state index in [1.54, 1.807) is 36.4 Å². The Morgan fingerprint density at radius 3 is 2.48 bits per heavy atom. The Bertz CT molecular complexity index is 957. The molecule has 1 fully saturated rings. The Morgan fingerprint density at radius 1 is 1.15 bits per heavy atom. The zero-order chi connectivity index (χ0) is 19.7. The van der Waals surface area contributed by atoms with Crippen molar-refractivity contribution in [3.63, 3.8) is 0 Å². The molecule has 1 aliphatic heterocycles. The maximum Gasteiger partial charge on any atom is 0.293 e. The van der Waals surface area contributed by atoms with Crippen LogP contribution in [0.3, 0.4) is 0 Å². The van der Waals surface area contributed by atoms with Crippen molar-refractivity contribution < 1.29 is 14.3 Å². The minimum atomic E-state index is -0.338. The molecular formula is C18H11BrCl3NO3S. The number of ether oxygens (including phenoxy) is 1. The molecule has 0 radical (unpaired) electrons. The number of hydrogen-bond acceptors (Lipinski definition) is 4. The summed E-state index contributed by atoms with van der Waals surface area (Å²) < 4.78 is 6.41. The van der Waals surface area contributed by atoms with Crippen LogP contribution in [0.5, 0.6) is 5.75 Å². The van der Waals surface area contributed by atoms with E-state index in [-0.39, 0.29) is 17.8 Å². The van der Waals surface area contributed by atoms with Crippen LogP contribution in [0, 0.1) is 0 Å². The number of benzene rings is 2. The van der Waals surface area contributed by atoms with Gasteiger partial charge >= 0.3 is 0 Å². The normalized spacial score (nSPS) is 15.7. The number of hydrogen-bond donors (Lipinski definition) is 0. The van der Waals surface area contributed by atoms with Crippen LogP contribution in [0.25, 0.3) is 6.08 Å². The van der Waals surface area contributed by atoms with E-state index < -0.39 is 0 Å². The van der Waals surface area contributed by atoms with Crippen LogP contribution >= 0.6 is 62.5 Å². The second-order valence-corrected chi connectivity index (χ2v) is 8.68. The molecule has 0 bridgehead atoms. The van der Waals surface area contributed by atoms with Crippen molar-refractivity contribution in [2.24, 2.45) is 0 Å². The predicted molar refractivity (Wildman–Crippen MR) is 114 cm³/mol. The van der Waals surface area contributed by atoms with E-state index in [2.05, 4.69) is 15.9 Å². The number of nitrogens with zero attached hydrogens (tertiary/aromatic N) is 1. The summed E-state index contributed by atoms with van der Waals surface area (Å²) in [5.41, 5.74) is 1.44. The summed E-state index contributed by atoms with van der Waals surface area (Å²) in [6, 6.07) is 8.57. The van der Waals surface area contributed by atoms with Gasteiger partial charge in [0, 0.05) is 22.7 Å². The summed E-state index contributed by atoms with van der Waals surface area (Å²) in [6.45, 7) is 0.211. The number of amides is 2. The third-order valence-corrected chi connectivity index (χ3v) is 6.11. The monoisotopic (exact) mass is 505 g/mol. The Labute approximate surface area is 183 Å². The largest absolute Gasteiger partial charge is 0.486 e. The molecule has 0 spiro atoms. The van der Waals surface area contributed by atoms with E-state index >= 15 is 0 Å². The van der Waals surface area contributed by atoms with Crippen LogP contribution in [-0.4, -0.2) is 23.1 Å². The molecule has 9 heteroatoms. The second-order valence-electron chi connectivity index (χ2n) is 5.58. The molecule has 4 nitrogen and oxygen atoms in total. The van der Waals surface area contributed by atoms with Gasteiger partial charge in [-0.1, -0.05) is 40.9 Å². The molecule has 2 aromatic rings. The van der Waals surface area contributed by atoms with E-state index in [9.17, 15) is 9.59 Å². The van der Waals surface area contributed by atoms with Crippen molar-refractivity contribution in [3.05, 3.63) is 65.9 Å². The molecule has 0 aromatic heterocycles. The standard InChI is InChI=1S/C18H11BrCl3NO3S/c1-23-17(24)15(27-18(23)25)6-9-4-12(19)16(14(22)5-9)26-8-10-2-3-11(20)7-13(10)21/h2-7H,8H2,1H3/b15-6-. The van der Waals surface area contributed by atoms with E-state index in [0.717, 1.165) is 22.2 Å². The summed E-state index contributed by atoms with van der Waals surface area (Å²) in [7, 11) is 1.44. The highest BCUT2D eigenvalue weighted by molar-refractivity contribution is 9.10. The molecule has 2 amide bonds. The molecular weight excluding hydrogens is 497 g/mol. The average Bonchev–Trinajstić information content (AvgIpc) is 2.83. The first-order valence-electron chi connectivity index (χ1n) is 7.53. The molecule has 0 N–H and O–H groups in total. The van der Waals surface area contributed by atoms with Gasteiger partial charge in [-0.15, -0.1) is 0 Å². The number of thioether (sulfide) groups is 1. The van der Waals surface area contributed by atoms with Gasteiger partial charge in [0.15, 0.2) is 5.75 Å². The van der Waals surface area contributed by atoms with Gasteiger partial charge in [0.05, 0.1) is 14.4 Å². The Morgan fingerprint density at radius 2 is 1.89 bits per heavy atom. The maximum absolute atomic E-state index is 12.0. The lowest BCUT2D eigenvalue weighted by Gasteiger charge is -2.12. The molecule has 0 saturated carbocycles. The zero-order valence-electron chi connectivity index (χ0n) is 13.8. The van der Waals surface area contributed by atoms with Crippen molar-refractivity contribution in [1.29, 1.82) is 0 Å². The molecule has 27 heavy (non-hydrogen) atoms. The van der Waals surface area contributed by atoms with Gasteiger partial charge in [-0.3, -0.25) is 14.5 Å². The quantitative estimate of drug-likeness (QED) is 0.435. The average molecular weight is 508 g/mol. The Hall–Kier alpha value is -1.18. The summed E-state index contributed by atoms with van der Waals surface area (Å²) >= 11 is 22.7. The SMILES string of the molecule is CN1C(=O)S/C(=C\c2cc(Cl)c(OCc3ccc(Cl)cc3Cl)c(Br)c2)C1=O. The molecule has 0 unspecified atom stereocenters. The van der Waals surface area contributed by atoms with Crippen molar-refractivity contribution in [1.82, 2.24) is 4.90 Å². The van der Waals surface area contributed by atoms with Crippen LogP contribution < -0.4 is 4.74 Å². The summed E-state index contributed by atoms with van der Waals surface area (Å²) in [5.74, 6) is 0.110. The van der Waals surface area contributed by atoms with Crippen LogP contribution in [0.1, 0.15) is 11.1 Å². The van der Waals surface area contributed by atoms with Crippen LogP contribution in [0.4, 0.5) is 4.79 Å². The van der Waals surface area contributed by atoms with Gasteiger partial charge in [-0.05, 0) is 63.6 Å². The van der Waals surface area contributed by atoms with E-state index in [1.165, 1.54) is 7.05 Å². The molecule has 2 aromatic carbocycles. The molecule has 1 heterocycles. The Balaban J connectivity index is 1.81. The van der Waals surface area contributed by atoms with Crippen molar-refractivity contribution >= 4 is 79.7 Å². The van der Waals surface area contributed by atoms with Gasteiger partial charge in [0.2, 0.25) is 0 Å². The zero-order valence-corrected chi connectivity index (χ0v) is 18.4. The summed E-state index contributed by atoms with van der Waals surface area (Å²) in [6.07, 6.45) is 1.62. The molecule has 1 saturated heterocycles. The number of halogens is 4. The fourth-order valence-electron chi connectivity index (χ4n) is 2.29. The minimum Gasteiger partial charge on any atom is -0.486 e. The van der Waals surface area contributed by atoms with Crippen LogP contribution in [-0.2, 0) is 11.4 Å². The molecule has 3 rings (SSSR count). The number of rotatable bonds is 4. The van der Waals surface area contributed by atoms with Gasteiger partial charge in [-0.2, -0.15) is 0 Å². The van der Waals surface area contributed by atoms with Gasteiger partial charge < -0.3 is 4.74 Å². The van der Waals surface area contributed by atoms with Gasteiger partial charge in [0.25, 0.3) is 11.1 Å². The first kappa shape index (κ1) is 20.6. The van der Waals surface area contributed by atoms with E-state index in [0.29, 0.717) is 35.8 Å². The topological polar surface area (TPSA) is 46.6 Å². The molecule has 140 valence electrons. The van der Waals surface area contributed by atoms with Crippen LogP contribution in [0.15, 0.2) is 39.7 Å². The highest BCUT2D eigenvalue weighted by atomic mass is 79.9. The fourth-order valence-corrected chi connectivity index (χ4v) is 4.57. The summed E-state index contributed by atoms with van der Waals surface area (Å²) in [5, 5.41) is 1.10. The number of imide groups is 1. The predicted octanol–water partition coefficient (Wildman–Crippen LogP) is 6.65. The third-order valence-electron chi connectivity index (χ3n) is 3.69. The third kappa shape index (κ3) is 4.63. The van der Waals surface area contributed by atoms with Crippen LogP contribution in [0.2, 0.25) is 15.1 Å². The second kappa shape index (κ2) is 8.45. The van der Waals surface area contributed by atoms with E-state index in [4.69, 9.17) is 39.5 Å². The van der Waals surface area contributed by atoms with Crippen molar-refractivity contribution in [2.75, 3.05) is 7.05 Å². The number of likely N-dealkylation sites (N-methyl/N-ethyl adjacent to an activating group) is 1. The van der Waals surface area contributed by atoms with Crippen molar-refractivity contribution in [2.45, 2.75) is 6.61 Å². The molecule has 0 atom stereocenters. The lowest BCUT2D eigenvalue weighted by Crippen LogP contribution is -2.22. The van der Waals surface area contributed by atoms with Crippen molar-refractivity contribution in [3.8, 4) is 5.75 Å². The first-order chi connectivity index (χ1) is 12.8. The first-order valence-corrected chi connectivity index (χ1v) is 10.3. The number of carbonyl (C=O) groups is 2. The highest BCUT2D eigenvalue weighted by Gasteiger charge is 2.31. The number of carbonyl (C=O) groups excluding carboxylic acids is 2. The summed E-state index contributed by atoms with van der Waals surface area (Å²) in [4.78, 5) is 25.0. The lowest BCUT2D eigenvalue weighted by molar-refractivity contribution is -0.121. The minimum absolute atomic E-state index is 0.211. The maximum atomic E-state index is 12.0. The van der Waals surface area contributed by atoms with E-state index in [1.807, 2.05) is 0 Å². The molecule has 1 aliphatic rings. The lowest BCUT2D eigenvalue weighted by atomic mass is 10.2. The molecule has 0 aliphatic carbocycles. The Kier molecular flexibility index (Phi) is 6.43. The fraction of sp³-hybridized carbons (Fsp3) is 0.111.